The molecule has 1 saturated carbocycles. The third kappa shape index (κ3) is 9.25. The zero-order valence-electron chi connectivity index (χ0n) is 21.3. The van der Waals surface area contributed by atoms with Crippen LogP contribution in [0.5, 0.6) is 0 Å². The lowest BCUT2D eigenvalue weighted by molar-refractivity contribution is -0.192. The van der Waals surface area contributed by atoms with Gasteiger partial charge in [0.1, 0.15) is 9.84 Å². The predicted octanol–water partition coefficient (Wildman–Crippen LogP) is 4.09. The van der Waals surface area contributed by atoms with E-state index in [2.05, 4.69) is 28.2 Å². The molecule has 2 aromatic rings. The van der Waals surface area contributed by atoms with Crippen molar-refractivity contribution in [1.29, 1.82) is 0 Å². The van der Waals surface area contributed by atoms with Crippen molar-refractivity contribution in [3.05, 3.63) is 52.8 Å². The summed E-state index contributed by atoms with van der Waals surface area (Å²) >= 11 is 6.05. The van der Waals surface area contributed by atoms with Gasteiger partial charge in [-0.05, 0) is 55.9 Å². The first-order chi connectivity index (χ1) is 17.7. The molecule has 1 aromatic heterocycles. The number of ether oxygens (including phenoxy) is 1. The molecule has 2 atom stereocenters. The van der Waals surface area contributed by atoms with Crippen molar-refractivity contribution in [2.24, 2.45) is 7.05 Å². The second-order valence-electron chi connectivity index (χ2n) is 9.95. The number of hydrogen-bond donors (Lipinski definition) is 1. The van der Waals surface area contributed by atoms with Gasteiger partial charge >= 0.3 is 12.1 Å². The van der Waals surface area contributed by atoms with E-state index in [9.17, 15) is 21.6 Å². The number of morpholine rings is 1. The molecular weight excluding hydrogens is 547 g/mol. The molecule has 1 N–H and O–H groups in total. The van der Waals surface area contributed by atoms with Gasteiger partial charge < -0.3 is 9.84 Å². The number of carboxylic acids is 1. The van der Waals surface area contributed by atoms with Crippen LogP contribution in [0.2, 0.25) is 5.02 Å². The third-order valence-electron chi connectivity index (χ3n) is 6.84. The predicted molar refractivity (Wildman–Crippen MR) is 137 cm³/mol. The highest BCUT2D eigenvalue weighted by Gasteiger charge is 2.38. The van der Waals surface area contributed by atoms with Gasteiger partial charge in [-0.3, -0.25) is 9.58 Å². The van der Waals surface area contributed by atoms with Crippen molar-refractivity contribution in [2.75, 3.05) is 25.2 Å². The van der Waals surface area contributed by atoms with Gasteiger partial charge in [-0.2, -0.15) is 18.3 Å². The van der Waals surface area contributed by atoms with Crippen molar-refractivity contribution >= 4 is 27.4 Å². The molecule has 1 aliphatic carbocycles. The number of benzene rings is 1. The van der Waals surface area contributed by atoms with Crippen molar-refractivity contribution in [1.82, 2.24) is 14.7 Å². The Kier molecular flexibility index (Phi) is 10.2. The molecule has 4 rings (SSSR count). The molecule has 13 heteroatoms. The van der Waals surface area contributed by atoms with E-state index in [0.29, 0.717) is 25.1 Å². The van der Waals surface area contributed by atoms with E-state index in [1.54, 1.807) is 0 Å². The maximum atomic E-state index is 11.9. The normalized spacial score (nSPS) is 24.9. The van der Waals surface area contributed by atoms with Gasteiger partial charge in [-0.1, -0.05) is 23.7 Å². The monoisotopic (exact) mass is 579 g/mol. The highest BCUT2D eigenvalue weighted by atomic mass is 35.5. The minimum Gasteiger partial charge on any atom is -0.475 e. The van der Waals surface area contributed by atoms with Gasteiger partial charge in [-0.25, -0.2) is 13.2 Å². The molecule has 0 spiro atoms. The molecule has 0 bridgehead atoms. The van der Waals surface area contributed by atoms with E-state index in [-0.39, 0.29) is 17.9 Å². The average Bonchev–Trinajstić information content (AvgIpc) is 3.27. The van der Waals surface area contributed by atoms with Gasteiger partial charge in [0, 0.05) is 49.1 Å². The van der Waals surface area contributed by atoms with Crippen molar-refractivity contribution in [2.45, 2.75) is 62.4 Å². The number of nitrogens with zero attached hydrogens (tertiary/aromatic N) is 3. The quantitative estimate of drug-likeness (QED) is 0.550. The molecule has 2 fully saturated rings. The first-order valence-electron chi connectivity index (χ1n) is 12.3. The van der Waals surface area contributed by atoms with E-state index in [1.165, 1.54) is 17.5 Å². The summed E-state index contributed by atoms with van der Waals surface area (Å²) in [6.07, 6.45) is 3.27. The average molecular weight is 580 g/mol. The van der Waals surface area contributed by atoms with Gasteiger partial charge in [0.05, 0.1) is 24.2 Å². The first-order valence-corrected chi connectivity index (χ1v) is 14.7. The molecule has 1 aliphatic heterocycles. The van der Waals surface area contributed by atoms with E-state index >= 15 is 0 Å². The van der Waals surface area contributed by atoms with Gasteiger partial charge in [0.15, 0.2) is 0 Å². The number of carbonyl (C=O) groups is 1. The van der Waals surface area contributed by atoms with Gasteiger partial charge in [0.25, 0.3) is 0 Å². The second-order valence-corrected chi connectivity index (χ2v) is 12.6. The van der Waals surface area contributed by atoms with Crippen LogP contribution in [0.3, 0.4) is 0 Å². The molecule has 2 aliphatic rings. The molecule has 0 unspecified atom stereocenters. The summed E-state index contributed by atoms with van der Waals surface area (Å²) in [4.78, 5) is 11.4. The summed E-state index contributed by atoms with van der Waals surface area (Å²) < 4.78 is 63.4. The van der Waals surface area contributed by atoms with Crippen LogP contribution in [0.1, 0.15) is 42.9 Å². The molecule has 8 nitrogen and oxygen atoms in total. The van der Waals surface area contributed by atoms with Gasteiger partial charge in [-0.15, -0.1) is 0 Å². The number of alkyl halides is 3. The fraction of sp³-hybridized carbons (Fsp3) is 0.600. The van der Waals surface area contributed by atoms with Crippen LogP contribution in [0.15, 0.2) is 36.5 Å². The number of hydrogen-bond acceptors (Lipinski definition) is 6. The molecule has 2 heterocycles. The highest BCUT2D eigenvalue weighted by Crippen LogP contribution is 2.36. The van der Waals surface area contributed by atoms with Crippen molar-refractivity contribution in [3.63, 3.8) is 0 Å². The maximum Gasteiger partial charge on any atom is 0.490 e. The highest BCUT2D eigenvalue weighted by molar-refractivity contribution is 7.90. The summed E-state index contributed by atoms with van der Waals surface area (Å²) in [6.45, 7) is 1.23. The molecule has 0 amide bonds. The minimum absolute atomic E-state index is 0.0838. The maximum absolute atomic E-state index is 11.9. The number of aromatic nitrogens is 2. The molecular formula is C25H33ClF3N3O5S. The second kappa shape index (κ2) is 12.8. The fourth-order valence-corrected chi connectivity index (χ4v) is 6.09. The van der Waals surface area contributed by atoms with Crippen LogP contribution < -0.4 is 0 Å². The Morgan fingerprint density at radius 2 is 1.76 bits per heavy atom. The number of aliphatic carboxylic acids is 1. The summed E-state index contributed by atoms with van der Waals surface area (Å²) in [5, 5.41) is 12.5. The summed E-state index contributed by atoms with van der Waals surface area (Å²) in [6, 6.07) is 10.8. The van der Waals surface area contributed by atoms with Crippen LogP contribution in [-0.4, -0.2) is 83.7 Å². The van der Waals surface area contributed by atoms with E-state index in [0.717, 1.165) is 37.1 Å². The Bertz CT molecular complexity index is 1170. The zero-order valence-corrected chi connectivity index (χ0v) is 22.8. The SMILES string of the molecule is Cn1ccc(C2CCC(N3C[C@H](CS(C)(=O)=O)OC[C@@H]3Cc3ccc(Cl)cc3)CC2)n1.O=C(O)C(F)(F)F. The smallest absolute Gasteiger partial charge is 0.475 e. The van der Waals surface area contributed by atoms with Crippen LogP contribution in [0.25, 0.3) is 0 Å². The Morgan fingerprint density at radius 3 is 2.26 bits per heavy atom. The summed E-state index contributed by atoms with van der Waals surface area (Å²) in [7, 11) is -1.11. The third-order valence-corrected chi connectivity index (χ3v) is 8.07. The van der Waals surface area contributed by atoms with E-state index < -0.39 is 22.0 Å². The van der Waals surface area contributed by atoms with Crippen LogP contribution in [-0.2, 0) is 32.8 Å². The lowest BCUT2D eigenvalue weighted by Gasteiger charge is -2.46. The Balaban J connectivity index is 0.000000505. The largest absolute Gasteiger partial charge is 0.490 e. The van der Waals surface area contributed by atoms with E-state index in [4.69, 9.17) is 26.2 Å². The van der Waals surface area contributed by atoms with Crippen molar-refractivity contribution < 1.29 is 36.2 Å². The lowest BCUT2D eigenvalue weighted by Crippen LogP contribution is -2.56. The summed E-state index contributed by atoms with van der Waals surface area (Å²) in [5.74, 6) is -2.16. The lowest BCUT2D eigenvalue weighted by atomic mass is 9.82. The molecule has 212 valence electrons. The van der Waals surface area contributed by atoms with Crippen LogP contribution in [0.4, 0.5) is 13.2 Å². The number of halogens is 4. The number of carboxylic acid groups (broad SMARTS) is 1. The Labute approximate surface area is 225 Å². The van der Waals surface area contributed by atoms with Crippen LogP contribution in [0, 0.1) is 0 Å². The summed E-state index contributed by atoms with van der Waals surface area (Å²) in [5.41, 5.74) is 2.42. The number of sulfone groups is 1. The van der Waals surface area contributed by atoms with Crippen molar-refractivity contribution in [3.8, 4) is 0 Å². The molecule has 0 radical (unpaired) electrons. The number of rotatable bonds is 6. The Morgan fingerprint density at radius 1 is 1.16 bits per heavy atom. The molecule has 1 saturated heterocycles. The standard InChI is InChI=1S/C23H32ClN3O3S.C2HF3O2/c1-26-12-11-23(25-26)18-5-9-20(10-6-18)27-14-22(16-31(2,28)29)30-15-21(27)13-17-3-7-19(24)8-4-17;3-2(4,5)1(6)7/h3-4,7-8,11-12,18,20-22H,5-6,9-10,13-16H2,1-2H3;(H,6,7)/t18?,20?,21-,22+;/m0./s1. The molecule has 38 heavy (non-hydrogen) atoms. The first kappa shape index (κ1) is 30.4. The minimum atomic E-state index is -5.08. The van der Waals surface area contributed by atoms with Crippen LogP contribution >= 0.6 is 11.6 Å². The fourth-order valence-electron chi connectivity index (χ4n) is 5.09. The number of aryl methyl sites for hydroxylation is 1. The topological polar surface area (TPSA) is 102 Å². The molecule has 1 aromatic carbocycles. The van der Waals surface area contributed by atoms with E-state index in [1.807, 2.05) is 30.1 Å². The Hall–Kier alpha value is -2.15. The van der Waals surface area contributed by atoms with Gasteiger partial charge in [0.2, 0.25) is 0 Å². The zero-order chi connectivity index (χ0) is 28.1.